The molecule has 0 aromatic heterocycles. The van der Waals surface area contributed by atoms with Crippen LogP contribution in [0.3, 0.4) is 0 Å². The molecule has 2 heteroatoms. The lowest BCUT2D eigenvalue weighted by molar-refractivity contribution is 0.101. The Labute approximate surface area is 113 Å². The van der Waals surface area contributed by atoms with Crippen LogP contribution in [0.4, 0.5) is 0 Å². The zero-order chi connectivity index (χ0) is 13.2. The second kappa shape index (κ2) is 4.88. The van der Waals surface area contributed by atoms with Gasteiger partial charge in [-0.3, -0.25) is 4.79 Å². The Morgan fingerprint density at radius 2 is 1.95 bits per heavy atom. The number of carbonyl (C=O) groups excluding carboxylic acids is 1. The molecule has 0 N–H and O–H groups in total. The summed E-state index contributed by atoms with van der Waals surface area (Å²) < 4.78 is 5.62. The molecule has 0 aliphatic carbocycles. The van der Waals surface area contributed by atoms with Gasteiger partial charge in [-0.05, 0) is 54.7 Å². The number of fused-ring (bicyclic) bond motifs is 1. The molecule has 1 aliphatic heterocycles. The molecule has 19 heavy (non-hydrogen) atoms. The SMILES string of the molecule is CC(=O)c1cccc(-c2ccc3c(c2)CCCO3)c1. The van der Waals surface area contributed by atoms with Crippen LogP contribution < -0.4 is 4.74 Å². The fourth-order valence-electron chi connectivity index (χ4n) is 2.46. The summed E-state index contributed by atoms with van der Waals surface area (Å²) in [6.07, 6.45) is 2.14. The molecule has 3 rings (SSSR count). The average molecular weight is 252 g/mol. The number of ether oxygens (including phenoxy) is 1. The highest BCUT2D eigenvalue weighted by molar-refractivity contribution is 5.95. The van der Waals surface area contributed by atoms with Crippen LogP contribution in [0.15, 0.2) is 42.5 Å². The fourth-order valence-corrected chi connectivity index (χ4v) is 2.46. The second-order valence-electron chi connectivity index (χ2n) is 4.91. The maximum Gasteiger partial charge on any atom is 0.159 e. The van der Waals surface area contributed by atoms with Gasteiger partial charge in [-0.2, -0.15) is 0 Å². The zero-order valence-electron chi connectivity index (χ0n) is 11.0. The summed E-state index contributed by atoms with van der Waals surface area (Å²) >= 11 is 0. The average Bonchev–Trinajstić information content (AvgIpc) is 2.47. The number of hydrogen-bond acceptors (Lipinski definition) is 2. The van der Waals surface area contributed by atoms with Crippen molar-refractivity contribution in [3.05, 3.63) is 53.6 Å². The topological polar surface area (TPSA) is 26.3 Å². The van der Waals surface area contributed by atoms with E-state index < -0.39 is 0 Å². The van der Waals surface area contributed by atoms with Gasteiger partial charge in [0.05, 0.1) is 6.61 Å². The van der Waals surface area contributed by atoms with Crippen molar-refractivity contribution in [2.75, 3.05) is 6.61 Å². The second-order valence-corrected chi connectivity index (χ2v) is 4.91. The Bertz CT molecular complexity index is 629. The van der Waals surface area contributed by atoms with Crippen LogP contribution in [-0.4, -0.2) is 12.4 Å². The van der Waals surface area contributed by atoms with Crippen LogP contribution in [0.1, 0.15) is 29.3 Å². The van der Waals surface area contributed by atoms with E-state index in [1.165, 1.54) is 5.56 Å². The Balaban J connectivity index is 2.02. The van der Waals surface area contributed by atoms with Crippen molar-refractivity contribution in [3.8, 4) is 16.9 Å². The smallest absolute Gasteiger partial charge is 0.159 e. The number of rotatable bonds is 2. The lowest BCUT2D eigenvalue weighted by Gasteiger charge is -2.18. The lowest BCUT2D eigenvalue weighted by Crippen LogP contribution is -2.08. The highest BCUT2D eigenvalue weighted by Crippen LogP contribution is 2.30. The van der Waals surface area contributed by atoms with Crippen molar-refractivity contribution >= 4 is 5.78 Å². The predicted molar refractivity (Wildman–Crippen MR) is 75.7 cm³/mol. The highest BCUT2D eigenvalue weighted by Gasteiger charge is 2.11. The Morgan fingerprint density at radius 3 is 2.79 bits per heavy atom. The molecular formula is C17H16O2. The van der Waals surface area contributed by atoms with Crippen LogP contribution in [0.25, 0.3) is 11.1 Å². The van der Waals surface area contributed by atoms with Crippen molar-refractivity contribution in [2.45, 2.75) is 19.8 Å². The van der Waals surface area contributed by atoms with E-state index in [2.05, 4.69) is 12.1 Å². The molecule has 2 nitrogen and oxygen atoms in total. The molecule has 0 amide bonds. The molecule has 1 heterocycles. The number of hydrogen-bond donors (Lipinski definition) is 0. The molecular weight excluding hydrogens is 236 g/mol. The summed E-state index contributed by atoms with van der Waals surface area (Å²) in [5.74, 6) is 1.10. The van der Waals surface area contributed by atoms with E-state index in [0.717, 1.165) is 41.9 Å². The van der Waals surface area contributed by atoms with Crippen LogP contribution in [0.2, 0.25) is 0 Å². The predicted octanol–water partition coefficient (Wildman–Crippen LogP) is 3.88. The summed E-state index contributed by atoms with van der Waals surface area (Å²) in [6.45, 7) is 2.41. The standard InChI is InChI=1S/C17H16O2/c1-12(18)13-4-2-5-14(10-13)15-7-8-17-16(11-15)6-3-9-19-17/h2,4-5,7-8,10-11H,3,6,9H2,1H3. The van der Waals surface area contributed by atoms with Gasteiger partial charge in [-0.15, -0.1) is 0 Å². The minimum absolute atomic E-state index is 0.100. The van der Waals surface area contributed by atoms with Crippen LogP contribution >= 0.6 is 0 Å². The molecule has 2 aromatic rings. The van der Waals surface area contributed by atoms with Gasteiger partial charge in [0.15, 0.2) is 5.78 Å². The van der Waals surface area contributed by atoms with Crippen LogP contribution in [0.5, 0.6) is 5.75 Å². The van der Waals surface area contributed by atoms with E-state index in [1.807, 2.05) is 30.3 Å². The molecule has 0 fully saturated rings. The van der Waals surface area contributed by atoms with Crippen molar-refractivity contribution in [1.82, 2.24) is 0 Å². The molecule has 0 atom stereocenters. The van der Waals surface area contributed by atoms with Gasteiger partial charge in [0.25, 0.3) is 0 Å². The Kier molecular flexibility index (Phi) is 3.08. The van der Waals surface area contributed by atoms with Crippen molar-refractivity contribution < 1.29 is 9.53 Å². The zero-order valence-corrected chi connectivity index (χ0v) is 11.0. The monoisotopic (exact) mass is 252 g/mol. The Morgan fingerprint density at radius 1 is 1.11 bits per heavy atom. The first-order valence-electron chi connectivity index (χ1n) is 6.61. The third-order valence-electron chi connectivity index (χ3n) is 3.51. The first-order chi connectivity index (χ1) is 9.24. The van der Waals surface area contributed by atoms with E-state index in [1.54, 1.807) is 6.92 Å². The van der Waals surface area contributed by atoms with Gasteiger partial charge in [-0.25, -0.2) is 0 Å². The van der Waals surface area contributed by atoms with Gasteiger partial charge >= 0.3 is 0 Å². The lowest BCUT2D eigenvalue weighted by atomic mass is 9.97. The van der Waals surface area contributed by atoms with Gasteiger partial charge in [0.2, 0.25) is 0 Å². The molecule has 0 unspecified atom stereocenters. The normalized spacial score (nSPS) is 13.5. The van der Waals surface area contributed by atoms with E-state index in [0.29, 0.717) is 0 Å². The minimum atomic E-state index is 0.100. The molecule has 0 radical (unpaired) electrons. The molecule has 0 spiro atoms. The summed E-state index contributed by atoms with van der Waals surface area (Å²) in [5.41, 5.74) is 4.25. The molecule has 1 aliphatic rings. The van der Waals surface area contributed by atoms with Gasteiger partial charge in [0.1, 0.15) is 5.75 Å². The summed E-state index contributed by atoms with van der Waals surface area (Å²) in [5, 5.41) is 0. The third-order valence-corrected chi connectivity index (χ3v) is 3.51. The molecule has 0 bridgehead atoms. The number of ketones is 1. The number of carbonyl (C=O) groups is 1. The van der Waals surface area contributed by atoms with Crippen LogP contribution in [-0.2, 0) is 6.42 Å². The third kappa shape index (κ3) is 2.39. The molecule has 96 valence electrons. The van der Waals surface area contributed by atoms with Gasteiger partial charge < -0.3 is 4.74 Å². The van der Waals surface area contributed by atoms with Crippen molar-refractivity contribution in [1.29, 1.82) is 0 Å². The maximum absolute atomic E-state index is 11.4. The van der Waals surface area contributed by atoms with Gasteiger partial charge in [0, 0.05) is 5.56 Å². The van der Waals surface area contributed by atoms with E-state index >= 15 is 0 Å². The quantitative estimate of drug-likeness (QED) is 0.758. The van der Waals surface area contributed by atoms with Gasteiger partial charge in [-0.1, -0.05) is 24.3 Å². The summed E-state index contributed by atoms with van der Waals surface area (Å²) in [4.78, 5) is 11.4. The van der Waals surface area contributed by atoms with E-state index in [4.69, 9.17) is 4.74 Å². The van der Waals surface area contributed by atoms with Crippen molar-refractivity contribution in [2.24, 2.45) is 0 Å². The first-order valence-corrected chi connectivity index (χ1v) is 6.61. The summed E-state index contributed by atoms with van der Waals surface area (Å²) in [6, 6.07) is 14.0. The fraction of sp³-hybridized carbons (Fsp3) is 0.235. The molecule has 0 saturated carbocycles. The maximum atomic E-state index is 11.4. The number of aryl methyl sites for hydroxylation is 1. The van der Waals surface area contributed by atoms with Crippen LogP contribution in [0, 0.1) is 0 Å². The minimum Gasteiger partial charge on any atom is -0.493 e. The molecule has 2 aromatic carbocycles. The van der Waals surface area contributed by atoms with E-state index in [-0.39, 0.29) is 5.78 Å². The number of benzene rings is 2. The Hall–Kier alpha value is -2.09. The number of Topliss-reactive ketones (excluding diaryl/α,β-unsaturated/α-hetero) is 1. The summed E-state index contributed by atoms with van der Waals surface area (Å²) in [7, 11) is 0. The highest BCUT2D eigenvalue weighted by atomic mass is 16.5. The largest absolute Gasteiger partial charge is 0.493 e. The van der Waals surface area contributed by atoms with Crippen molar-refractivity contribution in [3.63, 3.8) is 0 Å². The molecule has 0 saturated heterocycles. The first kappa shape index (κ1) is 12.0. The van der Waals surface area contributed by atoms with E-state index in [9.17, 15) is 4.79 Å².